The first kappa shape index (κ1) is 17.9. The van der Waals surface area contributed by atoms with E-state index in [0.717, 1.165) is 18.5 Å². The van der Waals surface area contributed by atoms with E-state index in [-0.39, 0.29) is 11.4 Å². The highest BCUT2D eigenvalue weighted by Gasteiger charge is 2.15. The minimum atomic E-state index is -0.432. The predicted octanol–water partition coefficient (Wildman–Crippen LogP) is 2.49. The highest BCUT2D eigenvalue weighted by molar-refractivity contribution is 6.07. The Morgan fingerprint density at radius 1 is 1.26 bits per heavy atom. The fraction of sp³-hybridized carbons (Fsp3) is 0.111. The molecule has 0 aliphatic carbocycles. The number of nitrogens with two attached hydrogens (primary N) is 1. The van der Waals surface area contributed by atoms with Crippen molar-refractivity contribution in [2.24, 2.45) is 10.7 Å². The molecule has 3 N–H and O–H groups in total. The molecule has 0 saturated carbocycles. The van der Waals surface area contributed by atoms with Crippen molar-refractivity contribution in [2.45, 2.75) is 13.3 Å². The zero-order valence-corrected chi connectivity index (χ0v) is 14.5. The molecular weight excluding hydrogens is 346 g/mol. The van der Waals surface area contributed by atoms with Gasteiger partial charge in [0.05, 0.1) is 30.5 Å². The maximum Gasteiger partial charge on any atom is 0.260 e. The molecule has 3 rings (SSSR count). The molecule has 0 fully saturated rings. The van der Waals surface area contributed by atoms with Crippen molar-refractivity contribution < 1.29 is 9.53 Å². The fourth-order valence-corrected chi connectivity index (χ4v) is 2.24. The largest absolute Gasteiger partial charge is 0.452 e. The van der Waals surface area contributed by atoms with Gasteiger partial charge in [-0.05, 0) is 24.6 Å². The Morgan fingerprint density at radius 2 is 2.07 bits per heavy atom. The maximum atomic E-state index is 12.7. The molecule has 27 heavy (non-hydrogen) atoms. The second-order valence-corrected chi connectivity index (χ2v) is 5.32. The van der Waals surface area contributed by atoms with E-state index in [1.807, 2.05) is 19.1 Å². The number of nitrogens with zero attached hydrogens (tertiary/aromatic N) is 5. The molecule has 0 bridgehead atoms. The van der Waals surface area contributed by atoms with Gasteiger partial charge in [-0.25, -0.2) is 24.9 Å². The lowest BCUT2D eigenvalue weighted by Crippen LogP contribution is -2.14. The molecule has 0 saturated heterocycles. The standard InChI is InChI=1S/C18H17N7O2/c1-2-12-4-3-5-16(24-12)25-18(26)15-6-13(9-22-17(15)23-10-19)27-14-7-20-11-21-8-14/h3-11H,2H2,1H3,(H2,19,22,23)(H,24,25,26). The number of rotatable bonds is 6. The second-order valence-electron chi connectivity index (χ2n) is 5.32. The third kappa shape index (κ3) is 4.60. The van der Waals surface area contributed by atoms with E-state index in [1.54, 1.807) is 6.07 Å². The fourth-order valence-electron chi connectivity index (χ4n) is 2.24. The van der Waals surface area contributed by atoms with Crippen LogP contribution in [0.15, 0.2) is 54.2 Å². The molecule has 1 amide bonds. The van der Waals surface area contributed by atoms with E-state index in [4.69, 9.17) is 10.5 Å². The van der Waals surface area contributed by atoms with Crippen LogP contribution >= 0.6 is 0 Å². The van der Waals surface area contributed by atoms with Crippen molar-refractivity contribution in [2.75, 3.05) is 5.32 Å². The molecule has 0 atom stereocenters. The van der Waals surface area contributed by atoms with Gasteiger partial charge in [0.15, 0.2) is 11.6 Å². The Balaban J connectivity index is 1.88. The number of nitrogens with one attached hydrogen (secondary N) is 1. The number of hydrogen-bond donors (Lipinski definition) is 2. The average Bonchev–Trinajstić information content (AvgIpc) is 2.70. The molecule has 0 spiro atoms. The topological polar surface area (TPSA) is 128 Å². The maximum absolute atomic E-state index is 12.7. The van der Waals surface area contributed by atoms with E-state index in [2.05, 4.69) is 30.2 Å². The first-order valence-electron chi connectivity index (χ1n) is 8.14. The number of aryl methyl sites for hydroxylation is 1. The Bertz CT molecular complexity index is 961. The minimum Gasteiger partial charge on any atom is -0.452 e. The van der Waals surface area contributed by atoms with Crippen LogP contribution in [0.5, 0.6) is 11.5 Å². The lowest BCUT2D eigenvalue weighted by atomic mass is 10.2. The SMILES string of the molecule is CCc1cccc(NC(=O)c2cc(Oc3cncnc3)cnc2/N=C\N)n1. The van der Waals surface area contributed by atoms with Crippen LogP contribution in [-0.2, 0) is 6.42 Å². The van der Waals surface area contributed by atoms with Crippen LogP contribution in [0.4, 0.5) is 11.6 Å². The van der Waals surface area contributed by atoms with E-state index < -0.39 is 5.91 Å². The Labute approximate surface area is 155 Å². The molecule has 3 aromatic rings. The number of pyridine rings is 2. The highest BCUT2D eigenvalue weighted by Crippen LogP contribution is 2.25. The van der Waals surface area contributed by atoms with Gasteiger partial charge in [-0.3, -0.25) is 4.79 Å². The molecule has 0 aliphatic heterocycles. The number of amides is 1. The molecule has 0 unspecified atom stereocenters. The zero-order chi connectivity index (χ0) is 19.1. The van der Waals surface area contributed by atoms with Crippen molar-refractivity contribution in [1.82, 2.24) is 19.9 Å². The third-order valence-corrected chi connectivity index (χ3v) is 3.47. The summed E-state index contributed by atoms with van der Waals surface area (Å²) >= 11 is 0. The molecule has 0 aromatic carbocycles. The Morgan fingerprint density at radius 3 is 2.81 bits per heavy atom. The van der Waals surface area contributed by atoms with Gasteiger partial charge in [0.25, 0.3) is 5.91 Å². The number of anilines is 1. The summed E-state index contributed by atoms with van der Waals surface area (Å²) in [6.45, 7) is 1.99. The van der Waals surface area contributed by atoms with Gasteiger partial charge < -0.3 is 15.8 Å². The summed E-state index contributed by atoms with van der Waals surface area (Å²) in [6, 6.07) is 6.94. The summed E-state index contributed by atoms with van der Waals surface area (Å²) in [4.78, 5) is 32.9. The molecular formula is C18H17N7O2. The molecule has 9 nitrogen and oxygen atoms in total. The smallest absolute Gasteiger partial charge is 0.260 e. The van der Waals surface area contributed by atoms with E-state index in [1.165, 1.54) is 31.0 Å². The Hall–Kier alpha value is -3.88. The predicted molar refractivity (Wildman–Crippen MR) is 100 cm³/mol. The van der Waals surface area contributed by atoms with Gasteiger partial charge in [-0.15, -0.1) is 0 Å². The summed E-state index contributed by atoms with van der Waals surface area (Å²) in [5.74, 6) is 0.918. The van der Waals surface area contributed by atoms with Crippen LogP contribution in [0.1, 0.15) is 23.0 Å². The quantitative estimate of drug-likeness (QED) is 0.508. The number of aliphatic imine (C=N–C) groups is 1. The summed E-state index contributed by atoms with van der Waals surface area (Å²) in [5.41, 5.74) is 6.42. The first-order chi connectivity index (χ1) is 13.2. The van der Waals surface area contributed by atoms with E-state index >= 15 is 0 Å². The third-order valence-electron chi connectivity index (χ3n) is 3.47. The van der Waals surface area contributed by atoms with E-state index in [0.29, 0.717) is 17.3 Å². The normalized spacial score (nSPS) is 10.7. The number of ether oxygens (including phenoxy) is 1. The van der Waals surface area contributed by atoms with Crippen molar-refractivity contribution in [3.8, 4) is 11.5 Å². The van der Waals surface area contributed by atoms with Crippen LogP contribution in [0, 0.1) is 0 Å². The van der Waals surface area contributed by atoms with Crippen LogP contribution in [0.3, 0.4) is 0 Å². The highest BCUT2D eigenvalue weighted by atomic mass is 16.5. The average molecular weight is 363 g/mol. The van der Waals surface area contributed by atoms with Gasteiger partial charge >= 0.3 is 0 Å². The molecule has 3 heterocycles. The molecule has 0 aliphatic rings. The van der Waals surface area contributed by atoms with Crippen LogP contribution in [-0.4, -0.2) is 32.2 Å². The molecule has 3 aromatic heterocycles. The van der Waals surface area contributed by atoms with Crippen molar-refractivity contribution in [3.05, 3.63) is 60.4 Å². The summed E-state index contributed by atoms with van der Waals surface area (Å²) < 4.78 is 5.62. The van der Waals surface area contributed by atoms with Gasteiger partial charge in [0.1, 0.15) is 17.9 Å². The lowest BCUT2D eigenvalue weighted by Gasteiger charge is -2.10. The van der Waals surface area contributed by atoms with Crippen molar-refractivity contribution in [3.63, 3.8) is 0 Å². The van der Waals surface area contributed by atoms with Crippen LogP contribution < -0.4 is 15.8 Å². The Kier molecular flexibility index (Phi) is 5.63. The van der Waals surface area contributed by atoms with E-state index in [9.17, 15) is 4.79 Å². The summed E-state index contributed by atoms with van der Waals surface area (Å²) in [7, 11) is 0. The molecule has 136 valence electrons. The zero-order valence-electron chi connectivity index (χ0n) is 14.5. The van der Waals surface area contributed by atoms with Crippen molar-refractivity contribution >= 4 is 23.9 Å². The number of hydrogen-bond acceptors (Lipinski definition) is 7. The monoisotopic (exact) mass is 363 g/mol. The molecule has 0 radical (unpaired) electrons. The summed E-state index contributed by atoms with van der Waals surface area (Å²) in [5, 5.41) is 2.74. The molecule has 9 heteroatoms. The van der Waals surface area contributed by atoms with Crippen LogP contribution in [0.2, 0.25) is 0 Å². The lowest BCUT2D eigenvalue weighted by molar-refractivity contribution is 0.102. The minimum absolute atomic E-state index is 0.165. The first-order valence-corrected chi connectivity index (χ1v) is 8.14. The second kappa shape index (κ2) is 8.48. The number of carbonyl (C=O) groups is 1. The number of carbonyl (C=O) groups excluding carboxylic acids is 1. The summed E-state index contributed by atoms with van der Waals surface area (Å²) in [6.07, 6.45) is 7.65. The van der Waals surface area contributed by atoms with Crippen LogP contribution in [0.25, 0.3) is 0 Å². The van der Waals surface area contributed by atoms with Gasteiger partial charge in [-0.2, -0.15) is 0 Å². The van der Waals surface area contributed by atoms with Gasteiger partial charge in [-0.1, -0.05) is 13.0 Å². The van der Waals surface area contributed by atoms with Gasteiger partial charge in [0, 0.05) is 5.69 Å². The van der Waals surface area contributed by atoms with Gasteiger partial charge in [0.2, 0.25) is 0 Å². The van der Waals surface area contributed by atoms with Crippen molar-refractivity contribution in [1.29, 1.82) is 0 Å². The number of aromatic nitrogens is 4.